The number of nitrogens with one attached hydrogen (secondary N) is 1. The summed E-state index contributed by atoms with van der Waals surface area (Å²) < 4.78 is 1.50. The van der Waals surface area contributed by atoms with Crippen LogP contribution in [0.25, 0.3) is 5.69 Å². The van der Waals surface area contributed by atoms with Crippen LogP contribution in [0.1, 0.15) is 34.4 Å². The minimum Gasteiger partial charge on any atom is -0.295 e. The van der Waals surface area contributed by atoms with E-state index in [4.69, 9.17) is 0 Å². The van der Waals surface area contributed by atoms with Crippen LogP contribution in [-0.2, 0) is 6.42 Å². The number of aromatic nitrogens is 4. The van der Waals surface area contributed by atoms with Gasteiger partial charge in [-0.2, -0.15) is 5.10 Å². The predicted molar refractivity (Wildman–Crippen MR) is 96.4 cm³/mol. The van der Waals surface area contributed by atoms with Crippen LogP contribution in [0.3, 0.4) is 0 Å². The Morgan fingerprint density at radius 1 is 1.20 bits per heavy atom. The molecular weight excluding hydrogens is 338 g/mol. The predicted octanol–water partition coefficient (Wildman–Crippen LogP) is 2.60. The third-order valence-corrected chi connectivity index (χ3v) is 4.37. The first-order chi connectivity index (χ1) is 12.1. The van der Waals surface area contributed by atoms with Gasteiger partial charge in [0, 0.05) is 18.7 Å². The van der Waals surface area contributed by atoms with Crippen molar-refractivity contribution in [3.05, 3.63) is 63.0 Å². The van der Waals surface area contributed by atoms with E-state index in [0.29, 0.717) is 5.13 Å². The minimum atomic E-state index is -0.592. The van der Waals surface area contributed by atoms with Gasteiger partial charge in [-0.25, -0.2) is 4.68 Å². The van der Waals surface area contributed by atoms with Gasteiger partial charge in [-0.3, -0.25) is 14.9 Å². The molecule has 0 fully saturated rings. The molecule has 0 aliphatic heterocycles. The average Bonchev–Trinajstić information content (AvgIpc) is 3.03. The van der Waals surface area contributed by atoms with Gasteiger partial charge < -0.3 is 0 Å². The SMILES string of the molecule is CCCc1nnc(NC(=O)c2nn(-c3ccc(C)cc3)ccc2=O)s1. The standard InChI is InChI=1S/C17H17N5O2S/c1-3-4-14-19-20-17(25-14)18-16(24)15-13(23)9-10-22(21-15)12-7-5-11(2)6-8-12/h5-10H,3-4H2,1-2H3,(H,18,20,24). The highest BCUT2D eigenvalue weighted by atomic mass is 32.1. The molecule has 0 aliphatic rings. The highest BCUT2D eigenvalue weighted by Crippen LogP contribution is 2.17. The number of aryl methyl sites for hydroxylation is 2. The number of carbonyl (C=O) groups excluding carboxylic acids is 1. The third-order valence-electron chi connectivity index (χ3n) is 3.47. The normalized spacial score (nSPS) is 10.6. The van der Waals surface area contributed by atoms with Crippen molar-refractivity contribution in [1.29, 1.82) is 0 Å². The fourth-order valence-corrected chi connectivity index (χ4v) is 3.02. The molecule has 0 atom stereocenters. The first-order valence-corrected chi connectivity index (χ1v) is 8.69. The van der Waals surface area contributed by atoms with E-state index in [0.717, 1.165) is 29.1 Å². The van der Waals surface area contributed by atoms with Crippen LogP contribution in [0.5, 0.6) is 0 Å². The fraction of sp³-hybridized carbons (Fsp3) is 0.235. The van der Waals surface area contributed by atoms with E-state index in [-0.39, 0.29) is 5.69 Å². The largest absolute Gasteiger partial charge is 0.295 e. The Kier molecular flexibility index (Phi) is 4.99. The molecule has 1 aromatic carbocycles. The Balaban J connectivity index is 1.85. The van der Waals surface area contributed by atoms with Gasteiger partial charge in [-0.1, -0.05) is 36.0 Å². The number of hydrogen-bond acceptors (Lipinski definition) is 6. The molecule has 1 amide bonds. The summed E-state index contributed by atoms with van der Waals surface area (Å²) in [5.74, 6) is -0.592. The van der Waals surface area contributed by atoms with Crippen molar-refractivity contribution >= 4 is 22.4 Å². The van der Waals surface area contributed by atoms with Gasteiger partial charge in [0.1, 0.15) is 5.01 Å². The first kappa shape index (κ1) is 17.0. The van der Waals surface area contributed by atoms with E-state index < -0.39 is 11.3 Å². The van der Waals surface area contributed by atoms with Gasteiger partial charge in [0.2, 0.25) is 10.6 Å². The lowest BCUT2D eigenvalue weighted by Gasteiger charge is -2.07. The Hall–Kier alpha value is -2.87. The zero-order valence-corrected chi connectivity index (χ0v) is 14.7. The monoisotopic (exact) mass is 355 g/mol. The highest BCUT2D eigenvalue weighted by molar-refractivity contribution is 7.15. The lowest BCUT2D eigenvalue weighted by molar-refractivity contribution is 0.101. The van der Waals surface area contributed by atoms with Crippen LogP contribution in [0.2, 0.25) is 0 Å². The van der Waals surface area contributed by atoms with Gasteiger partial charge >= 0.3 is 0 Å². The smallest absolute Gasteiger partial charge is 0.282 e. The molecule has 0 spiro atoms. The molecule has 0 aliphatic carbocycles. The van der Waals surface area contributed by atoms with Crippen molar-refractivity contribution in [3.8, 4) is 5.69 Å². The molecule has 1 N–H and O–H groups in total. The summed E-state index contributed by atoms with van der Waals surface area (Å²) in [4.78, 5) is 24.4. The molecule has 3 rings (SSSR count). The second-order valence-corrected chi connectivity index (χ2v) is 6.58. The third kappa shape index (κ3) is 3.97. The number of carbonyl (C=O) groups is 1. The second-order valence-electron chi connectivity index (χ2n) is 5.51. The maximum atomic E-state index is 12.4. The van der Waals surface area contributed by atoms with Crippen LogP contribution in [0.4, 0.5) is 5.13 Å². The zero-order valence-electron chi connectivity index (χ0n) is 13.9. The Morgan fingerprint density at radius 2 is 1.96 bits per heavy atom. The molecule has 0 unspecified atom stereocenters. The molecule has 0 radical (unpaired) electrons. The van der Waals surface area contributed by atoms with Crippen molar-refractivity contribution in [1.82, 2.24) is 20.0 Å². The van der Waals surface area contributed by atoms with Gasteiger partial charge in [-0.05, 0) is 25.5 Å². The minimum absolute atomic E-state index is 0.185. The van der Waals surface area contributed by atoms with E-state index in [2.05, 4.69) is 20.6 Å². The number of amides is 1. The Morgan fingerprint density at radius 3 is 2.68 bits per heavy atom. The molecule has 128 valence electrons. The second kappa shape index (κ2) is 7.35. The lowest BCUT2D eigenvalue weighted by atomic mass is 10.2. The summed E-state index contributed by atoms with van der Waals surface area (Å²) in [6, 6.07) is 8.94. The quantitative estimate of drug-likeness (QED) is 0.760. The molecule has 7 nitrogen and oxygen atoms in total. The van der Waals surface area contributed by atoms with Crippen molar-refractivity contribution in [2.45, 2.75) is 26.7 Å². The molecule has 2 heterocycles. The molecule has 2 aromatic heterocycles. The number of benzene rings is 1. The molecule has 0 saturated carbocycles. The van der Waals surface area contributed by atoms with Gasteiger partial charge in [0.25, 0.3) is 5.91 Å². The van der Waals surface area contributed by atoms with Crippen molar-refractivity contribution in [2.24, 2.45) is 0 Å². The van der Waals surface area contributed by atoms with Crippen molar-refractivity contribution < 1.29 is 4.79 Å². The molecule has 25 heavy (non-hydrogen) atoms. The summed E-state index contributed by atoms with van der Waals surface area (Å²) in [5.41, 5.74) is 1.25. The molecule has 8 heteroatoms. The van der Waals surface area contributed by atoms with Crippen molar-refractivity contribution in [3.63, 3.8) is 0 Å². The molecule has 0 saturated heterocycles. The number of rotatable bonds is 5. The Bertz CT molecular complexity index is 946. The number of anilines is 1. The van der Waals surface area contributed by atoms with Crippen LogP contribution >= 0.6 is 11.3 Å². The summed E-state index contributed by atoms with van der Waals surface area (Å²) in [6.45, 7) is 4.03. The van der Waals surface area contributed by atoms with Crippen molar-refractivity contribution in [2.75, 3.05) is 5.32 Å². The lowest BCUT2D eigenvalue weighted by Crippen LogP contribution is -2.25. The van der Waals surface area contributed by atoms with Crippen LogP contribution in [0, 0.1) is 6.92 Å². The molecule has 3 aromatic rings. The van der Waals surface area contributed by atoms with E-state index in [1.165, 1.54) is 28.3 Å². The van der Waals surface area contributed by atoms with Crippen LogP contribution in [-0.4, -0.2) is 25.9 Å². The zero-order chi connectivity index (χ0) is 17.8. The topological polar surface area (TPSA) is 89.8 Å². The summed E-state index contributed by atoms with van der Waals surface area (Å²) in [7, 11) is 0. The van der Waals surface area contributed by atoms with E-state index in [9.17, 15) is 9.59 Å². The van der Waals surface area contributed by atoms with Crippen LogP contribution < -0.4 is 10.7 Å². The molecular formula is C17H17N5O2S. The maximum Gasteiger partial charge on any atom is 0.282 e. The van der Waals surface area contributed by atoms with Gasteiger partial charge in [-0.15, -0.1) is 10.2 Å². The molecule has 0 bridgehead atoms. The average molecular weight is 355 g/mol. The van der Waals surface area contributed by atoms with E-state index >= 15 is 0 Å². The highest BCUT2D eigenvalue weighted by Gasteiger charge is 2.16. The maximum absolute atomic E-state index is 12.4. The number of nitrogens with zero attached hydrogens (tertiary/aromatic N) is 4. The van der Waals surface area contributed by atoms with Crippen LogP contribution in [0.15, 0.2) is 41.3 Å². The van der Waals surface area contributed by atoms with E-state index in [1.807, 2.05) is 38.1 Å². The first-order valence-electron chi connectivity index (χ1n) is 7.87. The van der Waals surface area contributed by atoms with Gasteiger partial charge in [0.15, 0.2) is 5.69 Å². The summed E-state index contributed by atoms with van der Waals surface area (Å²) in [6.07, 6.45) is 3.29. The summed E-state index contributed by atoms with van der Waals surface area (Å²) >= 11 is 1.30. The number of hydrogen-bond donors (Lipinski definition) is 1. The summed E-state index contributed by atoms with van der Waals surface area (Å²) in [5, 5.41) is 15.9. The van der Waals surface area contributed by atoms with E-state index in [1.54, 1.807) is 0 Å². The fourth-order valence-electron chi connectivity index (χ4n) is 2.18. The van der Waals surface area contributed by atoms with Gasteiger partial charge in [0.05, 0.1) is 5.69 Å². The Labute approximate surface area is 148 Å².